The summed E-state index contributed by atoms with van der Waals surface area (Å²) in [7, 11) is 1.83. The van der Waals surface area contributed by atoms with Crippen LogP contribution in [0.3, 0.4) is 0 Å². The molecule has 0 N–H and O–H groups in total. The van der Waals surface area contributed by atoms with Gasteiger partial charge in [0.25, 0.3) is 0 Å². The van der Waals surface area contributed by atoms with Crippen LogP contribution in [-0.2, 0) is 13.5 Å². The number of hydrogen-bond donors (Lipinski definition) is 0. The van der Waals surface area contributed by atoms with Crippen molar-refractivity contribution < 1.29 is 4.79 Å². The van der Waals surface area contributed by atoms with E-state index < -0.39 is 0 Å². The predicted octanol–water partition coefficient (Wildman–Crippen LogP) is 2.16. The van der Waals surface area contributed by atoms with Crippen LogP contribution in [0.4, 0.5) is 0 Å². The number of carbonyl (C=O) groups excluding carboxylic acids is 1. The van der Waals surface area contributed by atoms with Gasteiger partial charge in [0, 0.05) is 13.2 Å². The number of rotatable bonds is 4. The highest BCUT2D eigenvalue weighted by atomic mass is 16.1. The molecule has 0 bridgehead atoms. The fourth-order valence-electron chi connectivity index (χ4n) is 2.72. The van der Waals surface area contributed by atoms with Gasteiger partial charge in [0.1, 0.15) is 5.69 Å². The van der Waals surface area contributed by atoms with Crippen LogP contribution >= 0.6 is 0 Å². The summed E-state index contributed by atoms with van der Waals surface area (Å²) in [6.07, 6.45) is 10.6. The van der Waals surface area contributed by atoms with Gasteiger partial charge in [0.05, 0.1) is 30.7 Å². The lowest BCUT2D eigenvalue weighted by Gasteiger charge is -2.08. The van der Waals surface area contributed by atoms with Crippen molar-refractivity contribution in [1.82, 2.24) is 19.3 Å². The molecule has 5 nitrogen and oxygen atoms in total. The molecule has 0 radical (unpaired) electrons. The molecule has 1 aliphatic carbocycles. The van der Waals surface area contributed by atoms with E-state index in [1.54, 1.807) is 17.1 Å². The Hall–Kier alpha value is -1.91. The summed E-state index contributed by atoms with van der Waals surface area (Å²) in [6, 6.07) is 2.48. The average molecular weight is 258 g/mol. The summed E-state index contributed by atoms with van der Waals surface area (Å²) in [5.41, 5.74) is 1.48. The highest BCUT2D eigenvalue weighted by Crippen LogP contribution is 2.28. The number of aryl methyl sites for hydroxylation is 1. The fraction of sp³-hybridized carbons (Fsp3) is 0.500. The molecule has 3 rings (SSSR count). The molecule has 1 aliphatic rings. The molecule has 0 unspecified atom stereocenters. The van der Waals surface area contributed by atoms with Crippen molar-refractivity contribution in [2.75, 3.05) is 0 Å². The molecule has 0 aromatic carbocycles. The minimum Gasteiger partial charge on any atom is -0.331 e. The molecule has 19 heavy (non-hydrogen) atoms. The molecule has 0 amide bonds. The first-order chi connectivity index (χ1) is 9.24. The molecule has 0 atom stereocenters. The maximum absolute atomic E-state index is 12.1. The third-order valence-corrected chi connectivity index (χ3v) is 3.81. The van der Waals surface area contributed by atoms with E-state index in [0.29, 0.717) is 18.2 Å². The van der Waals surface area contributed by atoms with Crippen molar-refractivity contribution in [3.05, 3.63) is 36.2 Å². The molecular formula is C14H18N4O. The van der Waals surface area contributed by atoms with Gasteiger partial charge >= 0.3 is 0 Å². The van der Waals surface area contributed by atoms with E-state index in [0.717, 1.165) is 5.69 Å². The first-order valence-electron chi connectivity index (χ1n) is 6.77. The maximum Gasteiger partial charge on any atom is 0.186 e. The summed E-state index contributed by atoms with van der Waals surface area (Å²) in [6.45, 7) is 0. The van der Waals surface area contributed by atoms with Gasteiger partial charge < -0.3 is 4.57 Å². The van der Waals surface area contributed by atoms with E-state index in [-0.39, 0.29) is 5.78 Å². The summed E-state index contributed by atoms with van der Waals surface area (Å²) in [5.74, 6) is 0.0664. The van der Waals surface area contributed by atoms with Crippen molar-refractivity contribution in [3.63, 3.8) is 0 Å². The molecule has 1 saturated carbocycles. The second kappa shape index (κ2) is 4.99. The second-order valence-electron chi connectivity index (χ2n) is 5.22. The van der Waals surface area contributed by atoms with Crippen molar-refractivity contribution in [2.45, 2.75) is 38.1 Å². The van der Waals surface area contributed by atoms with Crippen LogP contribution in [0.25, 0.3) is 0 Å². The molecule has 2 aromatic heterocycles. The van der Waals surface area contributed by atoms with Gasteiger partial charge in [-0.1, -0.05) is 12.8 Å². The Morgan fingerprint density at radius 1 is 1.42 bits per heavy atom. The minimum atomic E-state index is 0.0664. The molecule has 100 valence electrons. The summed E-state index contributed by atoms with van der Waals surface area (Å²) in [5, 5.41) is 4.54. The summed E-state index contributed by atoms with van der Waals surface area (Å²) in [4.78, 5) is 16.1. The van der Waals surface area contributed by atoms with E-state index in [2.05, 4.69) is 10.1 Å². The lowest BCUT2D eigenvalue weighted by Crippen LogP contribution is -2.10. The van der Waals surface area contributed by atoms with Gasteiger partial charge in [-0.05, 0) is 18.9 Å². The normalized spacial score (nSPS) is 16.1. The van der Waals surface area contributed by atoms with Crippen molar-refractivity contribution >= 4 is 5.78 Å². The van der Waals surface area contributed by atoms with Crippen LogP contribution < -0.4 is 0 Å². The Bertz CT molecular complexity index is 578. The highest BCUT2D eigenvalue weighted by molar-refractivity contribution is 5.95. The van der Waals surface area contributed by atoms with Crippen LogP contribution in [-0.4, -0.2) is 25.1 Å². The van der Waals surface area contributed by atoms with Gasteiger partial charge in [0.15, 0.2) is 5.78 Å². The minimum absolute atomic E-state index is 0.0664. The second-order valence-corrected chi connectivity index (χ2v) is 5.22. The number of Topliss-reactive ketones (excluding diaryl/α,β-unsaturated/α-hetero) is 1. The molecule has 0 saturated heterocycles. The molecule has 1 fully saturated rings. The van der Waals surface area contributed by atoms with Crippen LogP contribution in [0.1, 0.15) is 47.9 Å². The van der Waals surface area contributed by atoms with Gasteiger partial charge in [-0.2, -0.15) is 5.10 Å². The Kier molecular flexibility index (Phi) is 3.19. The number of aromatic nitrogens is 4. The first-order valence-corrected chi connectivity index (χ1v) is 6.77. The quantitative estimate of drug-likeness (QED) is 0.790. The highest BCUT2D eigenvalue weighted by Gasteiger charge is 2.18. The zero-order valence-electron chi connectivity index (χ0n) is 11.1. The lowest BCUT2D eigenvalue weighted by atomic mass is 10.2. The molecule has 0 spiro atoms. The fourth-order valence-corrected chi connectivity index (χ4v) is 2.72. The average Bonchev–Trinajstić information content (AvgIpc) is 3.07. The van der Waals surface area contributed by atoms with Crippen LogP contribution in [0.5, 0.6) is 0 Å². The van der Waals surface area contributed by atoms with Crippen molar-refractivity contribution in [3.8, 4) is 0 Å². The summed E-state index contributed by atoms with van der Waals surface area (Å²) < 4.78 is 3.77. The molecule has 5 heteroatoms. The standard InChI is InChI=1S/C14H18N4O/c1-17-10-15-9-13(17)14(19)8-11-6-7-18(16-11)12-4-2-3-5-12/h6-7,9-10,12H,2-5,8H2,1H3. The molecular weight excluding hydrogens is 240 g/mol. The predicted molar refractivity (Wildman–Crippen MR) is 71.0 cm³/mol. The zero-order chi connectivity index (χ0) is 13.2. The number of ketones is 1. The number of carbonyl (C=O) groups is 1. The lowest BCUT2D eigenvalue weighted by molar-refractivity contribution is 0.0984. The molecule has 2 aromatic rings. The Morgan fingerprint density at radius 2 is 2.21 bits per heavy atom. The van der Waals surface area contributed by atoms with Crippen LogP contribution in [0, 0.1) is 0 Å². The third-order valence-electron chi connectivity index (χ3n) is 3.81. The van der Waals surface area contributed by atoms with E-state index in [1.807, 2.05) is 24.0 Å². The van der Waals surface area contributed by atoms with Crippen LogP contribution in [0.15, 0.2) is 24.8 Å². The van der Waals surface area contributed by atoms with E-state index in [9.17, 15) is 4.79 Å². The molecule has 0 aliphatic heterocycles. The number of nitrogens with zero attached hydrogens (tertiary/aromatic N) is 4. The van der Waals surface area contributed by atoms with Gasteiger partial charge in [-0.3, -0.25) is 9.48 Å². The van der Waals surface area contributed by atoms with Crippen molar-refractivity contribution in [2.24, 2.45) is 7.05 Å². The van der Waals surface area contributed by atoms with Gasteiger partial charge in [-0.25, -0.2) is 4.98 Å². The van der Waals surface area contributed by atoms with E-state index in [1.165, 1.54) is 25.7 Å². The Balaban J connectivity index is 1.70. The third kappa shape index (κ3) is 2.45. The number of imidazole rings is 1. The van der Waals surface area contributed by atoms with E-state index >= 15 is 0 Å². The van der Waals surface area contributed by atoms with Crippen molar-refractivity contribution in [1.29, 1.82) is 0 Å². The maximum atomic E-state index is 12.1. The van der Waals surface area contributed by atoms with Gasteiger partial charge in [0.2, 0.25) is 0 Å². The zero-order valence-corrected chi connectivity index (χ0v) is 11.1. The smallest absolute Gasteiger partial charge is 0.186 e. The Morgan fingerprint density at radius 3 is 2.89 bits per heavy atom. The molecule has 2 heterocycles. The topological polar surface area (TPSA) is 52.7 Å². The monoisotopic (exact) mass is 258 g/mol. The SMILES string of the molecule is Cn1cncc1C(=O)Cc1ccn(C2CCCC2)n1. The van der Waals surface area contributed by atoms with E-state index in [4.69, 9.17) is 0 Å². The summed E-state index contributed by atoms with van der Waals surface area (Å²) >= 11 is 0. The number of hydrogen-bond acceptors (Lipinski definition) is 3. The largest absolute Gasteiger partial charge is 0.331 e. The first kappa shape index (κ1) is 12.1. The van der Waals surface area contributed by atoms with Crippen LogP contribution in [0.2, 0.25) is 0 Å². The Labute approximate surface area is 112 Å². The van der Waals surface area contributed by atoms with Gasteiger partial charge in [-0.15, -0.1) is 0 Å².